The van der Waals surface area contributed by atoms with Crippen LogP contribution in [0.3, 0.4) is 0 Å². The summed E-state index contributed by atoms with van der Waals surface area (Å²) >= 11 is 0. The van der Waals surface area contributed by atoms with E-state index in [1.165, 1.54) is 16.2 Å². The van der Waals surface area contributed by atoms with Crippen molar-refractivity contribution in [2.45, 2.75) is 57.8 Å². The fraction of sp³-hybridized carbons (Fsp3) is 0.357. The Balaban J connectivity index is 2.20. The van der Waals surface area contributed by atoms with E-state index in [-0.39, 0.29) is 0 Å². The molecule has 0 bridgehead atoms. The molecule has 6 heteroatoms. The number of nitrogens with zero attached hydrogens (tertiary/aromatic N) is 1. The summed E-state index contributed by atoms with van der Waals surface area (Å²) in [7, 11) is -4.68. The Morgan fingerprint density at radius 2 is 1.21 bits per heavy atom. The highest BCUT2D eigenvalue weighted by molar-refractivity contribution is 8.40. The van der Waals surface area contributed by atoms with Crippen LogP contribution in [0.25, 0.3) is 0 Å². The first-order chi connectivity index (χ1) is 16.5. The number of hydrogen-bond acceptors (Lipinski definition) is 2. The van der Waals surface area contributed by atoms with Crippen LogP contribution in [0.5, 0.6) is 0 Å². The fourth-order valence-electron chi connectivity index (χ4n) is 4.32. The van der Waals surface area contributed by atoms with E-state index < -0.39 is 24.4 Å². The Hall–Kier alpha value is -1.73. The van der Waals surface area contributed by atoms with Crippen LogP contribution in [0.15, 0.2) is 94.0 Å². The molecule has 0 atom stereocenters. The van der Waals surface area contributed by atoms with Crippen LogP contribution < -0.4 is 10.6 Å². The molecule has 0 aliphatic carbocycles. The maximum Gasteiger partial charge on any atom is 0.281 e. The summed E-state index contributed by atoms with van der Waals surface area (Å²) in [6, 6.07) is 28.3. The Labute approximate surface area is 207 Å². The first kappa shape index (κ1) is 26.9. The second-order valence-corrected chi connectivity index (χ2v) is 18.4. The van der Waals surface area contributed by atoms with E-state index in [1.54, 1.807) is 12.1 Å². The van der Waals surface area contributed by atoms with Gasteiger partial charge < -0.3 is 0 Å². The van der Waals surface area contributed by atoms with Gasteiger partial charge in [0.2, 0.25) is 0 Å². The highest BCUT2D eigenvalue weighted by Crippen LogP contribution is 2.77. The minimum Gasteiger partial charge on any atom is -0.199 e. The van der Waals surface area contributed by atoms with E-state index in [9.17, 15) is 8.42 Å². The number of rotatable bonds is 12. The summed E-state index contributed by atoms with van der Waals surface area (Å²) in [5.74, 6) is 0. The molecule has 0 aliphatic rings. The van der Waals surface area contributed by atoms with E-state index in [0.29, 0.717) is 4.90 Å². The van der Waals surface area contributed by atoms with Gasteiger partial charge >= 0.3 is 0 Å². The van der Waals surface area contributed by atoms with Crippen molar-refractivity contribution in [3.63, 3.8) is 0 Å². The summed E-state index contributed by atoms with van der Waals surface area (Å²) < 4.78 is 32.5. The van der Waals surface area contributed by atoms with Crippen LogP contribution >= 0.6 is 14.4 Å². The molecule has 0 fully saturated rings. The second kappa shape index (κ2) is 12.8. The number of aryl methyl sites for hydroxylation is 1. The summed E-state index contributed by atoms with van der Waals surface area (Å²) in [6.45, 7) is 4.20. The Morgan fingerprint density at radius 3 is 1.65 bits per heavy atom. The molecule has 0 unspecified atom stereocenters. The minimum atomic E-state index is -3.77. The molecular weight excluding hydrogens is 476 g/mol. The highest BCUT2D eigenvalue weighted by Gasteiger charge is 2.34. The molecule has 0 heterocycles. The normalized spacial score (nSPS) is 12.1. The summed E-state index contributed by atoms with van der Waals surface area (Å²) in [6.07, 6.45) is 6.72. The summed E-state index contributed by atoms with van der Waals surface area (Å²) in [5.41, 5.74) is 1.18. The van der Waals surface area contributed by atoms with Crippen molar-refractivity contribution in [3.05, 3.63) is 90.5 Å². The van der Waals surface area contributed by atoms with Crippen LogP contribution in [-0.4, -0.2) is 20.7 Å². The summed E-state index contributed by atoms with van der Waals surface area (Å²) in [4.78, 5) is 0.320. The molecular formula is C28H37NO2P2S. The fourth-order valence-corrected chi connectivity index (χ4v) is 19.1. The predicted octanol–water partition coefficient (Wildman–Crippen LogP) is 7.79. The van der Waals surface area contributed by atoms with Crippen LogP contribution in [0.2, 0.25) is 0 Å². The van der Waals surface area contributed by atoms with Gasteiger partial charge in [0.25, 0.3) is 10.0 Å². The Bertz CT molecular complexity index is 1130. The lowest BCUT2D eigenvalue weighted by atomic mass is 10.1. The van der Waals surface area contributed by atoms with Gasteiger partial charge in [-0.1, -0.05) is 113 Å². The average Bonchev–Trinajstić information content (AvgIpc) is 2.84. The van der Waals surface area contributed by atoms with E-state index in [2.05, 4.69) is 69.3 Å². The van der Waals surface area contributed by atoms with Gasteiger partial charge in [-0.05, 0) is 61.1 Å². The molecule has 3 aromatic carbocycles. The molecule has 0 aromatic heterocycles. The number of benzene rings is 3. The van der Waals surface area contributed by atoms with Gasteiger partial charge in [-0.15, -0.1) is 0 Å². The van der Waals surface area contributed by atoms with Crippen molar-refractivity contribution in [1.82, 2.24) is 0 Å². The van der Waals surface area contributed by atoms with Crippen molar-refractivity contribution < 1.29 is 8.42 Å². The topological polar surface area (TPSA) is 46.5 Å². The van der Waals surface area contributed by atoms with E-state index in [0.717, 1.165) is 44.4 Å². The van der Waals surface area contributed by atoms with Crippen molar-refractivity contribution in [3.8, 4) is 0 Å². The zero-order valence-corrected chi connectivity index (χ0v) is 23.2. The standard InChI is InChI=1S/C28H37NO2P2S/c1-4-7-14-25-19-21-28(22-20-25)34(30,31)29-33(23-5-2,24-6-3)32(26-15-10-8-11-16-26)27-17-12-9-13-18-27/h8-13,15-22H,4-7,14,23-24H2,1-3H3. The molecule has 0 amide bonds. The number of sulfonamides is 1. The summed E-state index contributed by atoms with van der Waals surface area (Å²) in [5, 5.41) is 2.43. The monoisotopic (exact) mass is 513 g/mol. The van der Waals surface area contributed by atoms with E-state index in [4.69, 9.17) is 4.15 Å². The molecule has 0 aliphatic heterocycles. The van der Waals surface area contributed by atoms with E-state index >= 15 is 0 Å². The lowest BCUT2D eigenvalue weighted by Gasteiger charge is -2.34. The van der Waals surface area contributed by atoms with Gasteiger partial charge in [0.15, 0.2) is 0 Å². The maximum atomic E-state index is 13.8. The minimum absolute atomic E-state index is 0.320. The quantitative estimate of drug-likeness (QED) is 0.232. The smallest absolute Gasteiger partial charge is 0.199 e. The van der Waals surface area contributed by atoms with Crippen molar-refractivity contribution in [2.24, 2.45) is 4.15 Å². The molecule has 182 valence electrons. The average molecular weight is 514 g/mol. The predicted molar refractivity (Wildman–Crippen MR) is 151 cm³/mol. The van der Waals surface area contributed by atoms with Crippen molar-refractivity contribution in [1.29, 1.82) is 0 Å². The number of hydrogen-bond donors (Lipinski definition) is 0. The molecule has 0 spiro atoms. The second-order valence-electron chi connectivity index (χ2n) is 8.61. The largest absolute Gasteiger partial charge is 0.281 e. The Morgan fingerprint density at radius 1 is 0.706 bits per heavy atom. The molecule has 3 rings (SSSR count). The molecule has 3 nitrogen and oxygen atoms in total. The highest BCUT2D eigenvalue weighted by atomic mass is 32.2. The van der Waals surface area contributed by atoms with Crippen LogP contribution in [0.4, 0.5) is 0 Å². The lowest BCUT2D eigenvalue weighted by molar-refractivity contribution is 0.598. The third kappa shape index (κ3) is 6.69. The zero-order chi connectivity index (χ0) is 24.4. The number of unbranched alkanes of at least 4 members (excludes halogenated alkanes) is 1. The van der Waals surface area contributed by atoms with Gasteiger partial charge in [0, 0.05) is 6.74 Å². The van der Waals surface area contributed by atoms with Gasteiger partial charge in [0.05, 0.1) is 4.90 Å². The third-order valence-electron chi connectivity index (χ3n) is 5.84. The molecule has 0 saturated carbocycles. The molecule has 0 radical (unpaired) electrons. The van der Waals surface area contributed by atoms with Crippen LogP contribution in [0.1, 0.15) is 52.0 Å². The van der Waals surface area contributed by atoms with Gasteiger partial charge in [0.1, 0.15) is 0 Å². The molecule has 3 aromatic rings. The van der Waals surface area contributed by atoms with Gasteiger partial charge in [-0.25, -0.2) is 0 Å². The first-order valence-electron chi connectivity index (χ1n) is 12.3. The Kier molecular flexibility index (Phi) is 10.1. The van der Waals surface area contributed by atoms with Gasteiger partial charge in [-0.2, -0.15) is 12.6 Å². The molecule has 0 N–H and O–H groups in total. The van der Waals surface area contributed by atoms with Crippen molar-refractivity contribution in [2.75, 3.05) is 12.3 Å². The first-order valence-corrected chi connectivity index (χ1v) is 17.9. The molecule has 34 heavy (non-hydrogen) atoms. The molecule has 0 saturated heterocycles. The lowest BCUT2D eigenvalue weighted by Crippen LogP contribution is -2.15. The third-order valence-corrected chi connectivity index (χ3v) is 18.9. The van der Waals surface area contributed by atoms with Gasteiger partial charge in [-0.3, -0.25) is 0 Å². The van der Waals surface area contributed by atoms with Crippen molar-refractivity contribution >= 4 is 35.0 Å². The van der Waals surface area contributed by atoms with Crippen LogP contribution in [-0.2, 0) is 16.4 Å². The van der Waals surface area contributed by atoms with Crippen LogP contribution in [0, 0.1) is 0 Å². The SMILES string of the molecule is CCCCc1ccc(S(=O)(=O)N=P(CCC)(CCC)P(c2ccccc2)c2ccccc2)cc1. The van der Waals surface area contributed by atoms with E-state index in [1.807, 2.05) is 24.3 Å². The zero-order valence-electron chi connectivity index (χ0n) is 20.6. The maximum absolute atomic E-state index is 13.8.